The smallest absolute Gasteiger partial charge is 0.267 e. The van der Waals surface area contributed by atoms with E-state index in [9.17, 15) is 4.79 Å². The average molecular weight is 224 g/mol. The van der Waals surface area contributed by atoms with Gasteiger partial charge in [-0.15, -0.1) is 0 Å². The van der Waals surface area contributed by atoms with Crippen LogP contribution in [0.2, 0.25) is 0 Å². The molecule has 0 aromatic heterocycles. The van der Waals surface area contributed by atoms with Gasteiger partial charge in [-0.05, 0) is 6.08 Å². The molecule has 0 saturated carbocycles. The van der Waals surface area contributed by atoms with Crippen molar-refractivity contribution in [3.05, 3.63) is 34.9 Å². The Balaban J connectivity index is 2.40. The van der Waals surface area contributed by atoms with Gasteiger partial charge in [-0.25, -0.2) is 4.99 Å². The van der Waals surface area contributed by atoms with Gasteiger partial charge in [0, 0.05) is 16.5 Å². The number of hydrogen-bond donors (Lipinski definition) is 0. The number of nitrogens with zero attached hydrogens (tertiary/aromatic N) is 1. The largest absolute Gasteiger partial charge is 0.269 e. The molecule has 0 spiro atoms. The lowest BCUT2D eigenvalue weighted by atomic mass is 9.96. The van der Waals surface area contributed by atoms with E-state index in [2.05, 4.69) is 20.9 Å². The van der Waals surface area contributed by atoms with E-state index in [1.807, 2.05) is 24.3 Å². The average Bonchev–Trinajstić information content (AvgIpc) is 2.03. The number of carbonyl (C=O) groups is 1. The molecule has 0 radical (unpaired) electrons. The highest BCUT2D eigenvalue weighted by atomic mass is 79.9. The number of aliphatic imine (C=N–C) groups is 1. The molecule has 60 valence electrons. The molecule has 0 fully saturated rings. The van der Waals surface area contributed by atoms with Crippen molar-refractivity contribution in [1.82, 2.24) is 0 Å². The first kappa shape index (κ1) is 7.68. The Bertz CT molecular complexity index is 350. The van der Waals surface area contributed by atoms with Crippen molar-refractivity contribution in [3.8, 4) is 0 Å². The lowest BCUT2D eigenvalue weighted by molar-refractivity contribution is -0.113. The summed E-state index contributed by atoms with van der Waals surface area (Å²) >= 11 is 3.33. The van der Waals surface area contributed by atoms with Gasteiger partial charge in [-0.3, -0.25) is 4.79 Å². The minimum absolute atomic E-state index is 0.173. The fraction of sp³-hybridized carbons (Fsp3) is 0.111. The number of halogens is 1. The van der Waals surface area contributed by atoms with Gasteiger partial charge in [0.25, 0.3) is 5.91 Å². The summed E-state index contributed by atoms with van der Waals surface area (Å²) in [6.45, 7) is 0. The molecule has 0 aromatic carbocycles. The van der Waals surface area contributed by atoms with Gasteiger partial charge in [-0.2, -0.15) is 0 Å². The summed E-state index contributed by atoms with van der Waals surface area (Å²) in [5.41, 5.74) is 0.817. The first-order valence-corrected chi connectivity index (χ1v) is 4.41. The molecule has 1 unspecified atom stereocenters. The second-order valence-electron chi connectivity index (χ2n) is 2.65. The van der Waals surface area contributed by atoms with Crippen molar-refractivity contribution in [2.75, 3.05) is 0 Å². The van der Waals surface area contributed by atoms with E-state index in [1.54, 1.807) is 0 Å². The predicted octanol–water partition coefficient (Wildman–Crippen LogP) is 1.99. The van der Waals surface area contributed by atoms with Crippen molar-refractivity contribution >= 4 is 27.5 Å². The minimum Gasteiger partial charge on any atom is -0.267 e. The number of carbonyl (C=O) groups excluding carboxylic acids is 1. The van der Waals surface area contributed by atoms with E-state index >= 15 is 0 Å². The molecule has 0 N–H and O–H groups in total. The summed E-state index contributed by atoms with van der Waals surface area (Å²) in [4.78, 5) is 14.8. The number of dihydropyridines is 1. The van der Waals surface area contributed by atoms with Crippen LogP contribution in [0.25, 0.3) is 0 Å². The first-order chi connectivity index (χ1) is 5.75. The van der Waals surface area contributed by atoms with Crippen LogP contribution in [0.4, 0.5) is 0 Å². The van der Waals surface area contributed by atoms with Gasteiger partial charge in [0.05, 0.1) is 5.71 Å². The van der Waals surface area contributed by atoms with Crippen molar-refractivity contribution in [1.29, 1.82) is 0 Å². The highest BCUT2D eigenvalue weighted by Gasteiger charge is 2.16. The van der Waals surface area contributed by atoms with Crippen LogP contribution < -0.4 is 0 Å². The Labute approximate surface area is 78.5 Å². The third-order valence-electron chi connectivity index (χ3n) is 1.78. The maximum Gasteiger partial charge on any atom is 0.269 e. The molecule has 2 nitrogen and oxygen atoms in total. The van der Waals surface area contributed by atoms with Crippen molar-refractivity contribution in [2.24, 2.45) is 10.9 Å². The second kappa shape index (κ2) is 2.83. The standard InChI is InChI=1S/C9H6BrNO/c10-7-3-1-6-2-4-9(12)11-8(6)5-7/h1-6H. The topological polar surface area (TPSA) is 29.4 Å². The zero-order valence-electron chi connectivity index (χ0n) is 6.20. The van der Waals surface area contributed by atoms with Gasteiger partial charge in [-0.1, -0.05) is 34.2 Å². The van der Waals surface area contributed by atoms with Crippen LogP contribution in [0.5, 0.6) is 0 Å². The summed E-state index contributed by atoms with van der Waals surface area (Å²) in [6.07, 6.45) is 9.20. The van der Waals surface area contributed by atoms with Gasteiger partial charge in [0.1, 0.15) is 0 Å². The third kappa shape index (κ3) is 1.32. The highest BCUT2D eigenvalue weighted by Crippen LogP contribution is 2.21. The van der Waals surface area contributed by atoms with E-state index in [4.69, 9.17) is 0 Å². The molecule has 1 aliphatic heterocycles. The number of hydrogen-bond acceptors (Lipinski definition) is 1. The fourth-order valence-corrected chi connectivity index (χ4v) is 1.59. The monoisotopic (exact) mass is 223 g/mol. The third-order valence-corrected chi connectivity index (χ3v) is 2.27. The molecule has 1 atom stereocenters. The van der Waals surface area contributed by atoms with Crippen LogP contribution in [0.15, 0.2) is 39.9 Å². The summed E-state index contributed by atoms with van der Waals surface area (Å²) in [6, 6.07) is 0. The zero-order valence-corrected chi connectivity index (χ0v) is 7.78. The molecule has 0 saturated heterocycles. The summed E-state index contributed by atoms with van der Waals surface area (Å²) in [7, 11) is 0. The lowest BCUT2D eigenvalue weighted by Crippen LogP contribution is -2.16. The van der Waals surface area contributed by atoms with Crippen molar-refractivity contribution in [3.63, 3.8) is 0 Å². The Morgan fingerprint density at radius 3 is 2.92 bits per heavy atom. The van der Waals surface area contributed by atoms with E-state index in [1.165, 1.54) is 6.08 Å². The summed E-state index contributed by atoms with van der Waals surface area (Å²) < 4.78 is 0.959. The van der Waals surface area contributed by atoms with Crippen LogP contribution in [-0.4, -0.2) is 11.6 Å². The molecule has 3 heteroatoms. The van der Waals surface area contributed by atoms with Crippen LogP contribution in [0.1, 0.15) is 0 Å². The number of fused-ring (bicyclic) bond motifs is 1. The maximum atomic E-state index is 10.9. The first-order valence-electron chi connectivity index (χ1n) is 3.62. The Morgan fingerprint density at radius 1 is 1.33 bits per heavy atom. The number of amides is 1. The van der Waals surface area contributed by atoms with Crippen molar-refractivity contribution < 1.29 is 4.79 Å². The van der Waals surface area contributed by atoms with Crippen LogP contribution >= 0.6 is 15.9 Å². The quantitative estimate of drug-likeness (QED) is 0.618. The molecule has 12 heavy (non-hydrogen) atoms. The van der Waals surface area contributed by atoms with Gasteiger partial charge < -0.3 is 0 Å². The van der Waals surface area contributed by atoms with Crippen LogP contribution in [0.3, 0.4) is 0 Å². The van der Waals surface area contributed by atoms with E-state index in [0.29, 0.717) is 0 Å². The second-order valence-corrected chi connectivity index (χ2v) is 3.56. The molecule has 0 bridgehead atoms. The normalized spacial score (nSPS) is 26.4. The van der Waals surface area contributed by atoms with Gasteiger partial charge in [0.15, 0.2) is 0 Å². The number of allylic oxidation sites excluding steroid dienone is 5. The highest BCUT2D eigenvalue weighted by molar-refractivity contribution is 9.11. The van der Waals surface area contributed by atoms with Crippen molar-refractivity contribution in [2.45, 2.75) is 0 Å². The Morgan fingerprint density at radius 2 is 2.08 bits per heavy atom. The molecular formula is C9H6BrNO. The SMILES string of the molecule is O=C1C=CC2C=CC(Br)=CC2=N1. The molecular weight excluding hydrogens is 218 g/mol. The van der Waals surface area contributed by atoms with Crippen LogP contribution in [-0.2, 0) is 4.79 Å². The minimum atomic E-state index is -0.173. The summed E-state index contributed by atoms with van der Waals surface area (Å²) in [5.74, 6) is 0.0112. The van der Waals surface area contributed by atoms with E-state index in [0.717, 1.165) is 10.2 Å². The predicted molar refractivity (Wildman–Crippen MR) is 51.2 cm³/mol. The summed E-state index contributed by atoms with van der Waals surface area (Å²) in [5, 5.41) is 0. The Kier molecular flexibility index (Phi) is 1.81. The van der Waals surface area contributed by atoms with Gasteiger partial charge in [0.2, 0.25) is 0 Å². The molecule has 1 aliphatic carbocycles. The zero-order chi connectivity index (χ0) is 8.55. The van der Waals surface area contributed by atoms with E-state index in [-0.39, 0.29) is 11.8 Å². The fourth-order valence-electron chi connectivity index (χ4n) is 1.20. The van der Waals surface area contributed by atoms with E-state index < -0.39 is 0 Å². The number of rotatable bonds is 0. The lowest BCUT2D eigenvalue weighted by Gasteiger charge is -2.14. The van der Waals surface area contributed by atoms with Gasteiger partial charge >= 0.3 is 0 Å². The Hall–Kier alpha value is -0.960. The molecule has 2 rings (SSSR count). The molecule has 1 heterocycles. The molecule has 1 amide bonds. The maximum absolute atomic E-state index is 10.9. The molecule has 2 aliphatic rings. The van der Waals surface area contributed by atoms with Crippen LogP contribution in [0, 0.1) is 5.92 Å². The molecule has 0 aromatic rings.